The van der Waals surface area contributed by atoms with Gasteiger partial charge in [0.05, 0.1) is 0 Å². The second-order valence-corrected chi connectivity index (χ2v) is 8.03. The molecule has 0 radical (unpaired) electrons. The second-order valence-electron chi connectivity index (χ2n) is 8.03. The Balaban J connectivity index is 1.62. The highest BCUT2D eigenvalue weighted by Crippen LogP contribution is 2.48. The van der Waals surface area contributed by atoms with E-state index >= 15 is 0 Å². The van der Waals surface area contributed by atoms with Crippen LogP contribution in [0.1, 0.15) is 57.1 Å². The molecule has 0 aromatic heterocycles. The van der Waals surface area contributed by atoms with Crippen LogP contribution in [0, 0.1) is 11.8 Å². The molecule has 1 aromatic carbocycles. The van der Waals surface area contributed by atoms with E-state index in [2.05, 4.69) is 43.0 Å². The summed E-state index contributed by atoms with van der Waals surface area (Å²) in [5, 5.41) is 0. The summed E-state index contributed by atoms with van der Waals surface area (Å²) in [4.78, 5) is 2.86. The molecule has 4 rings (SSSR count). The topological polar surface area (TPSA) is 3.24 Å². The first-order valence-corrected chi connectivity index (χ1v) is 9.01. The van der Waals surface area contributed by atoms with Gasteiger partial charge in [-0.3, -0.25) is 4.90 Å². The minimum Gasteiger partial charge on any atom is -0.299 e. The fourth-order valence-electron chi connectivity index (χ4n) is 5.43. The predicted molar refractivity (Wildman–Crippen MR) is 88.6 cm³/mol. The Morgan fingerprint density at radius 1 is 1.19 bits per heavy atom. The van der Waals surface area contributed by atoms with Gasteiger partial charge in [0.15, 0.2) is 0 Å². The molecule has 1 heteroatoms. The average molecular weight is 283 g/mol. The zero-order valence-corrected chi connectivity index (χ0v) is 13.6. The number of hydrogen-bond donors (Lipinski definition) is 0. The molecule has 2 aliphatic carbocycles. The summed E-state index contributed by atoms with van der Waals surface area (Å²) in [6.07, 6.45) is 8.52. The lowest BCUT2D eigenvalue weighted by atomic mass is 9.59. The van der Waals surface area contributed by atoms with Crippen LogP contribution >= 0.6 is 0 Å². The molecular formula is C20H29N. The van der Waals surface area contributed by atoms with Crippen LogP contribution in [0.25, 0.3) is 0 Å². The number of fused-ring (bicyclic) bond motifs is 4. The highest BCUT2D eigenvalue weighted by atomic mass is 15.2. The van der Waals surface area contributed by atoms with E-state index in [0.717, 1.165) is 17.9 Å². The maximum absolute atomic E-state index is 2.86. The second kappa shape index (κ2) is 5.12. The van der Waals surface area contributed by atoms with E-state index in [-0.39, 0.29) is 0 Å². The molecule has 1 aliphatic heterocycles. The lowest BCUT2D eigenvalue weighted by Crippen LogP contribution is -2.58. The molecule has 0 amide bonds. The minimum atomic E-state index is 0.408. The van der Waals surface area contributed by atoms with Crippen molar-refractivity contribution >= 4 is 0 Å². The van der Waals surface area contributed by atoms with Crippen LogP contribution < -0.4 is 0 Å². The van der Waals surface area contributed by atoms with E-state index in [1.165, 1.54) is 51.6 Å². The molecule has 1 nitrogen and oxygen atoms in total. The van der Waals surface area contributed by atoms with Crippen molar-refractivity contribution in [2.45, 2.75) is 63.8 Å². The van der Waals surface area contributed by atoms with Crippen LogP contribution in [0.15, 0.2) is 24.3 Å². The van der Waals surface area contributed by atoms with Gasteiger partial charge in [-0.1, -0.05) is 51.0 Å². The lowest BCUT2D eigenvalue weighted by Gasteiger charge is -2.55. The fraction of sp³-hybridized carbons (Fsp3) is 0.700. The number of nitrogens with zero attached hydrogens (tertiary/aromatic N) is 1. The van der Waals surface area contributed by atoms with Crippen molar-refractivity contribution in [3.63, 3.8) is 0 Å². The summed E-state index contributed by atoms with van der Waals surface area (Å²) in [6.45, 7) is 7.72. The zero-order chi connectivity index (χ0) is 14.4. The van der Waals surface area contributed by atoms with E-state index in [1.807, 2.05) is 0 Å². The first-order chi connectivity index (χ1) is 10.2. The van der Waals surface area contributed by atoms with Crippen molar-refractivity contribution in [1.82, 2.24) is 4.90 Å². The fourth-order valence-corrected chi connectivity index (χ4v) is 5.43. The van der Waals surface area contributed by atoms with Crippen LogP contribution in [0.3, 0.4) is 0 Å². The Labute approximate surface area is 129 Å². The summed E-state index contributed by atoms with van der Waals surface area (Å²) >= 11 is 0. The van der Waals surface area contributed by atoms with Crippen LogP contribution in [0.2, 0.25) is 0 Å². The molecule has 2 fully saturated rings. The molecule has 1 aromatic rings. The van der Waals surface area contributed by atoms with E-state index < -0.39 is 0 Å². The van der Waals surface area contributed by atoms with E-state index in [9.17, 15) is 0 Å². The Hall–Kier alpha value is -0.820. The van der Waals surface area contributed by atoms with E-state index in [0.29, 0.717) is 5.41 Å². The van der Waals surface area contributed by atoms with Crippen molar-refractivity contribution in [2.75, 3.05) is 13.1 Å². The van der Waals surface area contributed by atoms with Gasteiger partial charge in [-0.05, 0) is 60.6 Å². The van der Waals surface area contributed by atoms with E-state index in [1.54, 1.807) is 11.1 Å². The summed E-state index contributed by atoms with van der Waals surface area (Å²) in [7, 11) is 0. The molecule has 2 bridgehead atoms. The molecule has 3 atom stereocenters. The number of likely N-dealkylation sites (tertiary alicyclic amines) is 1. The number of rotatable bonds is 2. The monoisotopic (exact) mass is 283 g/mol. The van der Waals surface area contributed by atoms with Crippen molar-refractivity contribution in [1.29, 1.82) is 0 Å². The van der Waals surface area contributed by atoms with E-state index in [4.69, 9.17) is 0 Å². The molecule has 3 aliphatic rings. The van der Waals surface area contributed by atoms with Gasteiger partial charge in [0.25, 0.3) is 0 Å². The molecular weight excluding hydrogens is 254 g/mol. The van der Waals surface area contributed by atoms with Gasteiger partial charge in [-0.25, -0.2) is 0 Å². The largest absolute Gasteiger partial charge is 0.299 e. The van der Waals surface area contributed by atoms with Crippen molar-refractivity contribution < 1.29 is 0 Å². The third-order valence-electron chi connectivity index (χ3n) is 7.00. The number of benzene rings is 1. The molecule has 1 saturated carbocycles. The first-order valence-electron chi connectivity index (χ1n) is 9.01. The number of piperidine rings is 1. The molecule has 1 saturated heterocycles. The minimum absolute atomic E-state index is 0.408. The summed E-state index contributed by atoms with van der Waals surface area (Å²) in [5.41, 5.74) is 3.68. The smallest absolute Gasteiger partial charge is 0.0170 e. The van der Waals surface area contributed by atoms with Crippen molar-refractivity contribution in [3.8, 4) is 0 Å². The Bertz CT molecular complexity index is 516. The first kappa shape index (κ1) is 13.8. The zero-order valence-electron chi connectivity index (χ0n) is 13.6. The van der Waals surface area contributed by atoms with Crippen molar-refractivity contribution in [2.24, 2.45) is 11.8 Å². The summed E-state index contributed by atoms with van der Waals surface area (Å²) in [5.74, 6) is 1.78. The summed E-state index contributed by atoms with van der Waals surface area (Å²) in [6, 6.07) is 10.0. The Morgan fingerprint density at radius 2 is 1.95 bits per heavy atom. The normalized spacial score (nSPS) is 36.7. The Morgan fingerprint density at radius 3 is 2.76 bits per heavy atom. The lowest BCUT2D eigenvalue weighted by molar-refractivity contribution is 0.0216. The third-order valence-corrected chi connectivity index (χ3v) is 7.00. The quantitative estimate of drug-likeness (QED) is 0.777. The van der Waals surface area contributed by atoms with Crippen LogP contribution in [-0.4, -0.2) is 24.0 Å². The molecule has 1 heterocycles. The van der Waals surface area contributed by atoms with Gasteiger partial charge >= 0.3 is 0 Å². The maximum Gasteiger partial charge on any atom is 0.0170 e. The molecule has 21 heavy (non-hydrogen) atoms. The highest BCUT2D eigenvalue weighted by molar-refractivity contribution is 5.39. The summed E-state index contributed by atoms with van der Waals surface area (Å²) < 4.78 is 0. The van der Waals surface area contributed by atoms with Gasteiger partial charge in [0.1, 0.15) is 0 Å². The van der Waals surface area contributed by atoms with Gasteiger partial charge in [0, 0.05) is 12.6 Å². The maximum atomic E-state index is 2.86. The average Bonchev–Trinajstić information content (AvgIpc) is 2.99. The van der Waals surface area contributed by atoms with Crippen LogP contribution in [0.5, 0.6) is 0 Å². The molecule has 3 unspecified atom stereocenters. The Kier molecular flexibility index (Phi) is 3.37. The van der Waals surface area contributed by atoms with Gasteiger partial charge in [-0.15, -0.1) is 0 Å². The highest BCUT2D eigenvalue weighted by Gasteiger charge is 2.48. The molecule has 0 N–H and O–H groups in total. The van der Waals surface area contributed by atoms with Crippen LogP contribution in [-0.2, 0) is 11.8 Å². The molecule has 0 spiro atoms. The van der Waals surface area contributed by atoms with Gasteiger partial charge in [0.2, 0.25) is 0 Å². The number of hydrogen-bond acceptors (Lipinski definition) is 1. The van der Waals surface area contributed by atoms with Gasteiger partial charge in [-0.2, -0.15) is 0 Å². The van der Waals surface area contributed by atoms with Crippen molar-refractivity contribution in [3.05, 3.63) is 35.4 Å². The third kappa shape index (κ3) is 2.16. The SMILES string of the molecule is CC1C2Cc3ccccc3C1(C)CCN2CC1CCCC1. The molecule has 114 valence electrons. The standard InChI is InChI=1S/C20H29N/c1-15-19-13-17-9-5-6-10-18(17)20(15,2)11-12-21(19)14-16-7-3-4-8-16/h5-6,9-10,15-16,19H,3-4,7-8,11-14H2,1-2H3. The predicted octanol–water partition coefficient (Wildman–Crippen LogP) is 4.40. The van der Waals surface area contributed by atoms with Gasteiger partial charge < -0.3 is 0 Å². The van der Waals surface area contributed by atoms with Crippen LogP contribution in [0.4, 0.5) is 0 Å².